The van der Waals surface area contributed by atoms with Crippen molar-refractivity contribution in [2.45, 2.75) is 31.1 Å². The highest BCUT2D eigenvalue weighted by Crippen LogP contribution is 2.46. The molecule has 156 valence electrons. The summed E-state index contributed by atoms with van der Waals surface area (Å²) in [6, 6.07) is 13.9. The standard InChI is InChI=1S/C21H20ClF2N5O/c1-29-27-19(26-28-29)14-7-5-13(6-8-14)18(15-9-10-21(23,24)12-15)20(30)25-17-4-2-3-16(22)11-17/h2-8,11,15,18H,9-10,12H2,1H3,(H,25,30). The third-order valence-electron chi connectivity index (χ3n) is 5.32. The minimum atomic E-state index is -2.75. The van der Waals surface area contributed by atoms with E-state index >= 15 is 0 Å². The average Bonchev–Trinajstić information content (AvgIpc) is 3.28. The zero-order chi connectivity index (χ0) is 21.3. The fraction of sp³-hybridized carbons (Fsp3) is 0.333. The number of hydrogen-bond acceptors (Lipinski definition) is 4. The summed E-state index contributed by atoms with van der Waals surface area (Å²) in [5.41, 5.74) is 1.94. The van der Waals surface area contributed by atoms with E-state index in [0.717, 1.165) is 5.56 Å². The van der Waals surface area contributed by atoms with Crippen LogP contribution < -0.4 is 5.32 Å². The lowest BCUT2D eigenvalue weighted by Crippen LogP contribution is -2.27. The van der Waals surface area contributed by atoms with E-state index in [1.165, 1.54) is 4.80 Å². The van der Waals surface area contributed by atoms with Gasteiger partial charge in [0.1, 0.15) is 0 Å². The van der Waals surface area contributed by atoms with Crippen LogP contribution in [0.1, 0.15) is 30.7 Å². The van der Waals surface area contributed by atoms with Crippen LogP contribution in [-0.4, -0.2) is 32.0 Å². The van der Waals surface area contributed by atoms with Gasteiger partial charge in [-0.05, 0) is 41.3 Å². The number of carbonyl (C=O) groups is 1. The number of anilines is 1. The van der Waals surface area contributed by atoms with Crippen molar-refractivity contribution in [1.29, 1.82) is 0 Å². The normalized spacial score (nSPS) is 18.9. The number of halogens is 3. The molecule has 1 aromatic heterocycles. The Morgan fingerprint density at radius 1 is 1.27 bits per heavy atom. The predicted octanol–water partition coefficient (Wildman–Crippen LogP) is 4.69. The molecule has 2 aromatic carbocycles. The highest BCUT2D eigenvalue weighted by molar-refractivity contribution is 6.30. The Bertz CT molecular complexity index is 1050. The quantitative estimate of drug-likeness (QED) is 0.636. The molecular formula is C21H20ClF2N5O. The highest BCUT2D eigenvalue weighted by atomic mass is 35.5. The molecule has 3 aromatic rings. The molecule has 1 saturated carbocycles. The molecule has 2 unspecified atom stereocenters. The second-order valence-corrected chi connectivity index (χ2v) is 8.00. The van der Waals surface area contributed by atoms with E-state index < -0.39 is 17.8 Å². The lowest BCUT2D eigenvalue weighted by Gasteiger charge is -2.23. The van der Waals surface area contributed by atoms with Crippen LogP contribution in [-0.2, 0) is 11.8 Å². The maximum Gasteiger partial charge on any atom is 0.248 e. The first-order chi connectivity index (χ1) is 14.3. The lowest BCUT2D eigenvalue weighted by molar-refractivity contribution is -0.118. The molecule has 0 aliphatic heterocycles. The van der Waals surface area contributed by atoms with E-state index in [1.54, 1.807) is 55.6 Å². The predicted molar refractivity (Wildman–Crippen MR) is 109 cm³/mol. The number of hydrogen-bond donors (Lipinski definition) is 1. The van der Waals surface area contributed by atoms with E-state index in [0.29, 0.717) is 22.1 Å². The molecule has 0 saturated heterocycles. The van der Waals surface area contributed by atoms with Crippen LogP contribution in [0.2, 0.25) is 5.02 Å². The summed E-state index contributed by atoms with van der Waals surface area (Å²) in [7, 11) is 1.67. The second kappa shape index (κ2) is 8.10. The van der Waals surface area contributed by atoms with Gasteiger partial charge >= 0.3 is 0 Å². The Kier molecular flexibility index (Phi) is 5.51. The topological polar surface area (TPSA) is 72.7 Å². The molecule has 1 aliphatic rings. The molecule has 0 spiro atoms. The van der Waals surface area contributed by atoms with Crippen LogP contribution in [0.15, 0.2) is 48.5 Å². The van der Waals surface area contributed by atoms with Crippen LogP contribution in [0.5, 0.6) is 0 Å². The van der Waals surface area contributed by atoms with Crippen molar-refractivity contribution in [2.24, 2.45) is 13.0 Å². The Morgan fingerprint density at radius 2 is 2.03 bits per heavy atom. The summed E-state index contributed by atoms with van der Waals surface area (Å²) >= 11 is 6.00. The number of alkyl halides is 2. The molecule has 0 bridgehead atoms. The molecule has 1 heterocycles. The summed E-state index contributed by atoms with van der Waals surface area (Å²) < 4.78 is 27.9. The van der Waals surface area contributed by atoms with Gasteiger partial charge in [0.25, 0.3) is 0 Å². The molecule has 30 heavy (non-hydrogen) atoms. The Balaban J connectivity index is 1.62. The van der Waals surface area contributed by atoms with E-state index in [4.69, 9.17) is 11.6 Å². The molecule has 4 rings (SSSR count). The van der Waals surface area contributed by atoms with Crippen molar-refractivity contribution in [1.82, 2.24) is 20.2 Å². The first-order valence-electron chi connectivity index (χ1n) is 9.59. The van der Waals surface area contributed by atoms with Gasteiger partial charge < -0.3 is 5.32 Å². The SMILES string of the molecule is Cn1nnc(-c2ccc(C(C(=O)Nc3cccc(Cl)c3)C3CCC(F)(F)C3)cc2)n1. The van der Waals surface area contributed by atoms with Crippen LogP contribution in [0, 0.1) is 5.92 Å². The van der Waals surface area contributed by atoms with Crippen LogP contribution in [0.4, 0.5) is 14.5 Å². The maximum atomic E-state index is 13.9. The number of nitrogens with one attached hydrogen (secondary N) is 1. The summed E-state index contributed by atoms with van der Waals surface area (Å²) in [5, 5.41) is 15.2. The molecule has 1 aliphatic carbocycles. The van der Waals surface area contributed by atoms with E-state index in [-0.39, 0.29) is 25.2 Å². The Labute approximate surface area is 177 Å². The van der Waals surface area contributed by atoms with Gasteiger partial charge in [0, 0.05) is 29.1 Å². The monoisotopic (exact) mass is 431 g/mol. The molecule has 6 nitrogen and oxygen atoms in total. The Hall–Kier alpha value is -2.87. The van der Waals surface area contributed by atoms with Gasteiger partial charge in [-0.1, -0.05) is 41.9 Å². The van der Waals surface area contributed by atoms with Crippen molar-refractivity contribution >= 4 is 23.2 Å². The maximum absolute atomic E-state index is 13.9. The van der Waals surface area contributed by atoms with Gasteiger partial charge in [-0.2, -0.15) is 4.80 Å². The summed E-state index contributed by atoms with van der Waals surface area (Å²) in [5.74, 6) is -3.79. The molecule has 1 fully saturated rings. The number of nitrogens with zero attached hydrogens (tertiary/aromatic N) is 4. The number of amides is 1. The number of benzene rings is 2. The zero-order valence-corrected chi connectivity index (χ0v) is 17.0. The van der Waals surface area contributed by atoms with E-state index in [2.05, 4.69) is 20.7 Å². The first kappa shape index (κ1) is 20.4. The molecular weight excluding hydrogens is 412 g/mol. The average molecular weight is 432 g/mol. The lowest BCUT2D eigenvalue weighted by atomic mass is 9.83. The smallest absolute Gasteiger partial charge is 0.248 e. The molecule has 1 N–H and O–H groups in total. The van der Waals surface area contributed by atoms with Gasteiger partial charge in [-0.3, -0.25) is 4.79 Å². The van der Waals surface area contributed by atoms with Crippen molar-refractivity contribution in [3.05, 3.63) is 59.1 Å². The number of rotatable bonds is 5. The summed E-state index contributed by atoms with van der Waals surface area (Å²) in [6.07, 6.45) is -0.234. The third kappa shape index (κ3) is 4.48. The van der Waals surface area contributed by atoms with Gasteiger partial charge in [0.05, 0.1) is 13.0 Å². The molecule has 1 amide bonds. The van der Waals surface area contributed by atoms with E-state index in [1.807, 2.05) is 0 Å². The summed E-state index contributed by atoms with van der Waals surface area (Å²) in [6.45, 7) is 0. The number of carbonyl (C=O) groups excluding carboxylic acids is 1. The van der Waals surface area contributed by atoms with Crippen LogP contribution in [0.25, 0.3) is 11.4 Å². The van der Waals surface area contributed by atoms with Crippen molar-refractivity contribution < 1.29 is 13.6 Å². The Morgan fingerprint density at radius 3 is 2.63 bits per heavy atom. The summed E-state index contributed by atoms with van der Waals surface area (Å²) in [4.78, 5) is 14.5. The van der Waals surface area contributed by atoms with Gasteiger partial charge in [-0.15, -0.1) is 10.2 Å². The van der Waals surface area contributed by atoms with Gasteiger partial charge in [0.2, 0.25) is 17.7 Å². The number of aryl methyl sites for hydroxylation is 1. The molecule has 2 atom stereocenters. The molecule has 0 radical (unpaired) electrons. The number of aromatic nitrogens is 4. The molecule has 9 heteroatoms. The van der Waals surface area contributed by atoms with Gasteiger partial charge in [-0.25, -0.2) is 8.78 Å². The second-order valence-electron chi connectivity index (χ2n) is 7.56. The number of tetrazole rings is 1. The van der Waals surface area contributed by atoms with Crippen LogP contribution in [0.3, 0.4) is 0 Å². The fourth-order valence-electron chi connectivity index (χ4n) is 3.93. The minimum Gasteiger partial charge on any atom is -0.326 e. The third-order valence-corrected chi connectivity index (χ3v) is 5.56. The van der Waals surface area contributed by atoms with E-state index in [9.17, 15) is 13.6 Å². The largest absolute Gasteiger partial charge is 0.326 e. The van der Waals surface area contributed by atoms with Crippen molar-refractivity contribution in [3.63, 3.8) is 0 Å². The van der Waals surface area contributed by atoms with Crippen molar-refractivity contribution in [3.8, 4) is 11.4 Å². The first-order valence-corrected chi connectivity index (χ1v) is 9.97. The van der Waals surface area contributed by atoms with Crippen molar-refractivity contribution in [2.75, 3.05) is 5.32 Å². The minimum absolute atomic E-state index is 0.208. The van der Waals surface area contributed by atoms with Crippen LogP contribution >= 0.6 is 11.6 Å². The zero-order valence-electron chi connectivity index (χ0n) is 16.2. The highest BCUT2D eigenvalue weighted by Gasteiger charge is 2.45. The fourth-order valence-corrected chi connectivity index (χ4v) is 4.12. The van der Waals surface area contributed by atoms with Gasteiger partial charge in [0.15, 0.2) is 0 Å².